The molecule has 3 aromatic rings. The van der Waals surface area contributed by atoms with E-state index in [0.717, 1.165) is 11.1 Å². The number of anilines is 1. The summed E-state index contributed by atoms with van der Waals surface area (Å²) in [7, 11) is -4.48. The molecule has 0 aliphatic carbocycles. The number of ether oxygens (including phenoxy) is 1. The van der Waals surface area contributed by atoms with Gasteiger partial charge in [-0.05, 0) is 74.0 Å². The molecule has 0 saturated carbocycles. The third-order valence-electron chi connectivity index (χ3n) is 4.40. The highest BCUT2D eigenvalue weighted by atomic mass is 32.2. The lowest BCUT2D eigenvalue weighted by Gasteiger charge is -2.10. The number of aryl methyl sites for hydroxylation is 2. The van der Waals surface area contributed by atoms with Gasteiger partial charge in [0, 0.05) is 17.1 Å². The summed E-state index contributed by atoms with van der Waals surface area (Å²) >= 11 is 0. The highest BCUT2D eigenvalue weighted by molar-refractivity contribution is 7.86. The van der Waals surface area contributed by atoms with Crippen LogP contribution in [0.15, 0.2) is 57.6 Å². The fourth-order valence-corrected chi connectivity index (χ4v) is 3.58. The van der Waals surface area contributed by atoms with Gasteiger partial charge in [-0.1, -0.05) is 6.07 Å². The Morgan fingerprint density at radius 2 is 1.83 bits per heavy atom. The van der Waals surface area contributed by atoms with E-state index in [1.54, 1.807) is 24.3 Å². The lowest BCUT2D eigenvalue weighted by atomic mass is 10.1. The van der Waals surface area contributed by atoms with E-state index in [9.17, 15) is 13.0 Å². The molecule has 0 heterocycles. The molecule has 2 radical (unpaired) electrons. The molecule has 0 unspecified atom stereocenters. The zero-order valence-corrected chi connectivity index (χ0v) is 16.9. The predicted octanol–water partition coefficient (Wildman–Crippen LogP) is 5.18. The Kier molecular flexibility index (Phi) is 5.86. The number of nitrogen functional groups attached to an aromatic ring is 1. The monoisotopic (exact) mass is 411 g/mol. The van der Waals surface area contributed by atoms with Crippen LogP contribution in [-0.4, -0.2) is 19.6 Å². The molecule has 150 valence electrons. The van der Waals surface area contributed by atoms with Crippen molar-refractivity contribution >= 4 is 38.0 Å². The van der Waals surface area contributed by atoms with E-state index in [-0.39, 0.29) is 17.9 Å². The Labute approximate surface area is 170 Å². The number of nitrogens with zero attached hydrogens (tertiary/aromatic N) is 2. The van der Waals surface area contributed by atoms with Crippen LogP contribution < -0.4 is 10.5 Å². The number of azo groups is 1. The molecule has 0 bridgehead atoms. The largest absolute Gasteiger partial charge is 0.494 e. The van der Waals surface area contributed by atoms with Crippen molar-refractivity contribution in [3.63, 3.8) is 0 Å². The van der Waals surface area contributed by atoms with E-state index in [2.05, 4.69) is 10.2 Å². The second kappa shape index (κ2) is 8.18. The van der Waals surface area contributed by atoms with Gasteiger partial charge >= 0.3 is 0 Å². The summed E-state index contributed by atoms with van der Waals surface area (Å²) in [4.78, 5) is -0.265. The van der Waals surface area contributed by atoms with Crippen LogP contribution in [0.1, 0.15) is 17.5 Å². The molecule has 8 heteroatoms. The highest BCUT2D eigenvalue weighted by Gasteiger charge is 2.17. The second-order valence-electron chi connectivity index (χ2n) is 6.63. The maximum absolute atomic E-state index is 11.9. The molecule has 0 saturated heterocycles. The van der Waals surface area contributed by atoms with Crippen molar-refractivity contribution in [3.05, 3.63) is 60.5 Å². The lowest BCUT2D eigenvalue weighted by molar-refractivity contribution is 0.324. The van der Waals surface area contributed by atoms with Gasteiger partial charge in [0.05, 0.1) is 18.0 Å². The SMILES string of the molecule is [CH]CCOc1cc(S(=O)(=O)O)c2cc(N=Nc3cc(C)c(N)cc3C)ccc2c1. The minimum atomic E-state index is -4.48. The number of fused-ring (bicyclic) bond motifs is 1. The van der Waals surface area contributed by atoms with Crippen molar-refractivity contribution in [1.29, 1.82) is 0 Å². The average Bonchev–Trinajstić information content (AvgIpc) is 2.66. The van der Waals surface area contributed by atoms with Gasteiger partial charge in [0.2, 0.25) is 0 Å². The molecule has 0 fully saturated rings. The van der Waals surface area contributed by atoms with Gasteiger partial charge in [-0.25, -0.2) is 0 Å². The molecular weight excluding hydrogens is 390 g/mol. The minimum Gasteiger partial charge on any atom is -0.494 e. The van der Waals surface area contributed by atoms with E-state index in [0.29, 0.717) is 33.6 Å². The van der Waals surface area contributed by atoms with Gasteiger partial charge in [-0.3, -0.25) is 4.55 Å². The van der Waals surface area contributed by atoms with Crippen molar-refractivity contribution < 1.29 is 17.7 Å². The van der Waals surface area contributed by atoms with Crippen LogP contribution in [0.25, 0.3) is 10.8 Å². The molecule has 0 atom stereocenters. The van der Waals surface area contributed by atoms with Crippen molar-refractivity contribution in [2.45, 2.75) is 25.2 Å². The molecule has 0 aromatic heterocycles. The van der Waals surface area contributed by atoms with E-state index in [4.69, 9.17) is 17.4 Å². The first kappa shape index (κ1) is 20.8. The molecule has 7 nitrogen and oxygen atoms in total. The first-order chi connectivity index (χ1) is 13.7. The van der Waals surface area contributed by atoms with Crippen LogP contribution in [-0.2, 0) is 10.1 Å². The number of hydrogen-bond donors (Lipinski definition) is 2. The van der Waals surface area contributed by atoms with E-state index in [1.807, 2.05) is 26.0 Å². The number of nitrogens with two attached hydrogens (primary N) is 1. The Morgan fingerprint density at radius 3 is 2.52 bits per heavy atom. The van der Waals surface area contributed by atoms with Crippen LogP contribution in [0.3, 0.4) is 0 Å². The van der Waals surface area contributed by atoms with Crippen molar-refractivity contribution in [2.24, 2.45) is 10.2 Å². The fourth-order valence-electron chi connectivity index (χ4n) is 2.86. The summed E-state index contributed by atoms with van der Waals surface area (Å²) in [6.45, 7) is 9.41. The van der Waals surface area contributed by atoms with E-state index in [1.165, 1.54) is 6.07 Å². The molecule has 3 rings (SSSR count). The molecule has 0 aliphatic rings. The third kappa shape index (κ3) is 4.72. The summed E-state index contributed by atoms with van der Waals surface area (Å²) < 4.78 is 38.8. The summed E-state index contributed by atoms with van der Waals surface area (Å²) in [5, 5.41) is 9.36. The van der Waals surface area contributed by atoms with Gasteiger partial charge in [0.25, 0.3) is 10.1 Å². The van der Waals surface area contributed by atoms with Crippen molar-refractivity contribution in [1.82, 2.24) is 0 Å². The minimum absolute atomic E-state index is 0.225. The van der Waals surface area contributed by atoms with Crippen molar-refractivity contribution in [3.8, 4) is 5.75 Å². The topological polar surface area (TPSA) is 114 Å². The predicted molar refractivity (Wildman–Crippen MR) is 113 cm³/mol. The second-order valence-corrected chi connectivity index (χ2v) is 8.02. The molecular formula is C21H21N3O4S. The summed E-state index contributed by atoms with van der Waals surface area (Å²) in [5.41, 5.74) is 9.43. The first-order valence-corrected chi connectivity index (χ1v) is 10.3. The normalized spacial score (nSPS) is 12.0. The Balaban J connectivity index is 2.06. The van der Waals surface area contributed by atoms with Gasteiger partial charge in [0.1, 0.15) is 10.6 Å². The van der Waals surface area contributed by atoms with Gasteiger partial charge in [0.15, 0.2) is 0 Å². The van der Waals surface area contributed by atoms with Crippen molar-refractivity contribution in [2.75, 3.05) is 12.3 Å². The fraction of sp³-hybridized carbons (Fsp3) is 0.190. The van der Waals surface area contributed by atoms with Gasteiger partial charge in [-0.2, -0.15) is 18.6 Å². The highest BCUT2D eigenvalue weighted by Crippen LogP contribution is 2.33. The third-order valence-corrected chi connectivity index (χ3v) is 5.29. The van der Waals surface area contributed by atoms with Crippen LogP contribution in [0.4, 0.5) is 17.1 Å². The number of rotatable bonds is 6. The Morgan fingerprint density at radius 1 is 1.07 bits per heavy atom. The van der Waals surface area contributed by atoms with Crippen LogP contribution in [0, 0.1) is 20.8 Å². The van der Waals surface area contributed by atoms with Crippen LogP contribution in [0.2, 0.25) is 0 Å². The summed E-state index contributed by atoms with van der Waals surface area (Å²) in [6, 6.07) is 11.5. The van der Waals surface area contributed by atoms with Gasteiger partial charge < -0.3 is 10.5 Å². The molecule has 3 aromatic carbocycles. The molecule has 0 amide bonds. The molecule has 29 heavy (non-hydrogen) atoms. The van der Waals surface area contributed by atoms with E-state index >= 15 is 0 Å². The van der Waals surface area contributed by atoms with Crippen LogP contribution in [0.5, 0.6) is 5.75 Å². The summed E-state index contributed by atoms with van der Waals surface area (Å²) in [6.07, 6.45) is 0.280. The van der Waals surface area contributed by atoms with E-state index < -0.39 is 10.1 Å². The maximum Gasteiger partial charge on any atom is 0.295 e. The smallest absolute Gasteiger partial charge is 0.295 e. The standard InChI is InChI=1S/C21H21N3O4S/c1-4-7-28-17-10-15-5-6-16(11-18(15)21(12-17)29(25,26)27)23-24-20-9-13(2)19(22)8-14(20)3/h1,5-6,8-12H,4,7,22H2,2-3H3,(H,25,26,27). The Bertz CT molecular complexity index is 1200. The molecule has 0 aliphatic heterocycles. The zero-order chi connectivity index (χ0) is 21.2. The lowest BCUT2D eigenvalue weighted by Crippen LogP contribution is -2.02. The summed E-state index contributed by atoms with van der Waals surface area (Å²) in [5.74, 6) is 0.304. The molecule has 0 spiro atoms. The first-order valence-electron chi connectivity index (χ1n) is 8.85. The molecule has 3 N–H and O–H groups in total. The zero-order valence-electron chi connectivity index (χ0n) is 16.1. The van der Waals surface area contributed by atoms with Crippen LogP contribution >= 0.6 is 0 Å². The Hall–Kier alpha value is -2.97. The maximum atomic E-state index is 11.9. The van der Waals surface area contributed by atoms with Gasteiger partial charge in [-0.15, -0.1) is 0 Å². The number of hydrogen-bond acceptors (Lipinski definition) is 6. The number of benzene rings is 3. The average molecular weight is 411 g/mol. The quantitative estimate of drug-likeness (QED) is 0.329.